The van der Waals surface area contributed by atoms with Crippen molar-refractivity contribution in [2.45, 2.75) is 16.7 Å². The number of carbonyl (C=O) groups excluding carboxylic acids is 1. The Morgan fingerprint density at radius 1 is 0.889 bits per heavy atom. The minimum Gasteiger partial charge on any atom is -0.497 e. The van der Waals surface area contributed by atoms with Crippen molar-refractivity contribution in [3.05, 3.63) is 79.0 Å². The number of carbonyl (C=O) groups is 1. The molecule has 0 saturated heterocycles. The van der Waals surface area contributed by atoms with E-state index in [0.717, 1.165) is 43.6 Å². The summed E-state index contributed by atoms with van der Waals surface area (Å²) in [5.41, 5.74) is 0.819. The Hall–Kier alpha value is -3.56. The second kappa shape index (κ2) is 12.4. The lowest BCUT2D eigenvalue weighted by atomic mass is 10.1. The minimum absolute atomic E-state index is 0.0730. The first-order chi connectivity index (χ1) is 17.6. The number of nitrogens with zero attached hydrogens (tertiary/aromatic N) is 2. The fraction of sp³-hybridized carbons (Fsp3) is 0.185. The number of anilines is 2. The van der Waals surface area contributed by atoms with Crippen molar-refractivity contribution in [1.29, 1.82) is 0 Å². The summed E-state index contributed by atoms with van der Waals surface area (Å²) >= 11 is 2.92. The van der Waals surface area contributed by atoms with Crippen LogP contribution in [0.15, 0.2) is 88.8 Å². The number of hydrogen-bond donors (Lipinski definition) is 1. The maximum Gasteiger partial charge on any atom is 0.326 e. The van der Waals surface area contributed by atoms with Crippen LogP contribution in [0.25, 0.3) is 10.8 Å². The van der Waals surface area contributed by atoms with E-state index in [1.165, 1.54) is 23.9 Å². The average Bonchev–Trinajstić information content (AvgIpc) is 2.92. The fourth-order valence-corrected chi connectivity index (χ4v) is 5.04. The van der Waals surface area contributed by atoms with E-state index < -0.39 is 0 Å². The van der Waals surface area contributed by atoms with Crippen LogP contribution in [-0.2, 0) is 9.53 Å². The Balaban J connectivity index is 1.63. The lowest BCUT2D eigenvalue weighted by Crippen LogP contribution is -2.25. The highest BCUT2D eigenvalue weighted by Gasteiger charge is 2.19. The van der Waals surface area contributed by atoms with E-state index in [2.05, 4.69) is 4.72 Å². The molecule has 9 heteroatoms. The number of nitrogens with one attached hydrogen (secondary N) is 1. The molecule has 36 heavy (non-hydrogen) atoms. The molecule has 0 bridgehead atoms. The molecule has 0 spiro atoms. The topological polar surface area (TPSA) is 72.9 Å². The third-order valence-corrected chi connectivity index (χ3v) is 7.05. The molecule has 1 N–H and O–H groups in total. The third kappa shape index (κ3) is 6.35. The predicted octanol–water partition coefficient (Wildman–Crippen LogP) is 6.45. The SMILES string of the molecule is CCOC(=O)CN(Sc1ccc(OC)cc1)c1cnc(NSc2ccc(OC)cc2)c2ccccc12. The first-order valence-corrected chi connectivity index (χ1v) is 12.9. The Morgan fingerprint density at radius 3 is 2.11 bits per heavy atom. The molecule has 186 valence electrons. The molecule has 1 heterocycles. The number of ether oxygens (including phenoxy) is 3. The summed E-state index contributed by atoms with van der Waals surface area (Å²) in [6, 6.07) is 23.5. The number of fused-ring (bicyclic) bond motifs is 1. The summed E-state index contributed by atoms with van der Waals surface area (Å²) in [5.74, 6) is 2.01. The zero-order valence-electron chi connectivity index (χ0n) is 20.3. The van der Waals surface area contributed by atoms with Gasteiger partial charge in [-0.15, -0.1) is 0 Å². The van der Waals surface area contributed by atoms with E-state index in [1.54, 1.807) is 27.3 Å². The van der Waals surface area contributed by atoms with Gasteiger partial charge in [0.05, 0.1) is 32.7 Å². The smallest absolute Gasteiger partial charge is 0.326 e. The van der Waals surface area contributed by atoms with Crippen molar-refractivity contribution in [3.8, 4) is 11.5 Å². The number of methoxy groups -OCH3 is 2. The van der Waals surface area contributed by atoms with E-state index in [1.807, 2.05) is 77.1 Å². The molecular formula is C27H27N3O4S2. The molecule has 0 aliphatic heterocycles. The molecule has 0 fully saturated rings. The second-order valence-corrected chi connectivity index (χ2v) is 9.50. The van der Waals surface area contributed by atoms with Crippen LogP contribution in [0.3, 0.4) is 0 Å². The first kappa shape index (κ1) is 25.5. The van der Waals surface area contributed by atoms with Crippen molar-refractivity contribution in [2.24, 2.45) is 0 Å². The van der Waals surface area contributed by atoms with Gasteiger partial charge in [-0.05, 0) is 79.4 Å². The van der Waals surface area contributed by atoms with Gasteiger partial charge in [0.15, 0.2) is 0 Å². The molecule has 0 amide bonds. The van der Waals surface area contributed by atoms with Gasteiger partial charge in [0, 0.05) is 20.6 Å². The molecule has 7 nitrogen and oxygen atoms in total. The number of rotatable bonds is 11. The highest BCUT2D eigenvalue weighted by atomic mass is 32.2. The first-order valence-electron chi connectivity index (χ1n) is 11.3. The lowest BCUT2D eigenvalue weighted by molar-refractivity contribution is -0.141. The van der Waals surface area contributed by atoms with E-state index in [0.29, 0.717) is 6.61 Å². The van der Waals surface area contributed by atoms with Crippen LogP contribution in [0.1, 0.15) is 6.92 Å². The van der Waals surface area contributed by atoms with Crippen molar-refractivity contribution in [3.63, 3.8) is 0 Å². The van der Waals surface area contributed by atoms with Crippen LogP contribution < -0.4 is 18.5 Å². The van der Waals surface area contributed by atoms with E-state index in [-0.39, 0.29) is 12.5 Å². The van der Waals surface area contributed by atoms with Crippen molar-refractivity contribution < 1.29 is 19.0 Å². The lowest BCUT2D eigenvalue weighted by Gasteiger charge is -2.24. The molecule has 1 aromatic heterocycles. The van der Waals surface area contributed by atoms with Crippen LogP contribution >= 0.6 is 23.9 Å². The number of pyridine rings is 1. The number of aromatic nitrogens is 1. The van der Waals surface area contributed by atoms with E-state index in [9.17, 15) is 4.79 Å². The molecule has 0 radical (unpaired) electrons. The van der Waals surface area contributed by atoms with Gasteiger partial charge in [-0.2, -0.15) is 0 Å². The van der Waals surface area contributed by atoms with Crippen molar-refractivity contribution in [1.82, 2.24) is 4.98 Å². The molecule has 0 saturated carbocycles. The van der Waals surface area contributed by atoms with Crippen LogP contribution in [0.5, 0.6) is 11.5 Å². The fourth-order valence-electron chi connectivity index (χ4n) is 3.46. The summed E-state index contributed by atoms with van der Waals surface area (Å²) in [6.07, 6.45) is 1.79. The zero-order valence-corrected chi connectivity index (χ0v) is 21.9. The zero-order chi connectivity index (χ0) is 25.3. The van der Waals surface area contributed by atoms with Gasteiger partial charge in [-0.3, -0.25) is 9.10 Å². The minimum atomic E-state index is -0.306. The summed E-state index contributed by atoms with van der Waals surface area (Å²) < 4.78 is 21.0. The molecule has 3 aromatic carbocycles. The molecule has 4 aromatic rings. The summed E-state index contributed by atoms with van der Waals surface area (Å²) in [4.78, 5) is 19.2. The molecule has 0 aliphatic carbocycles. The standard InChI is InChI=1S/C27H27N3O4S2/c1-4-34-26(31)18-30(36-22-15-11-20(33-3)12-16-22)25-17-28-27(24-8-6-5-7-23(24)25)29-35-21-13-9-19(32-2)10-14-21/h5-17H,4,18H2,1-3H3,(H,28,29). The van der Waals surface area contributed by atoms with Crippen molar-refractivity contribution in [2.75, 3.05) is 36.4 Å². The summed E-state index contributed by atoms with van der Waals surface area (Å²) in [7, 11) is 3.28. The van der Waals surface area contributed by atoms with Crippen LogP contribution in [0.4, 0.5) is 11.5 Å². The normalized spacial score (nSPS) is 10.6. The van der Waals surface area contributed by atoms with Crippen LogP contribution in [0, 0.1) is 0 Å². The average molecular weight is 522 g/mol. The summed E-state index contributed by atoms with van der Waals surface area (Å²) in [5, 5.41) is 1.91. The number of hydrogen-bond acceptors (Lipinski definition) is 9. The Morgan fingerprint density at radius 2 is 1.50 bits per heavy atom. The molecule has 4 rings (SSSR count). The van der Waals surface area contributed by atoms with E-state index in [4.69, 9.17) is 19.2 Å². The van der Waals surface area contributed by atoms with Gasteiger partial charge in [0.1, 0.15) is 23.9 Å². The van der Waals surface area contributed by atoms with Gasteiger partial charge in [-0.25, -0.2) is 4.98 Å². The van der Waals surface area contributed by atoms with Crippen LogP contribution in [0.2, 0.25) is 0 Å². The van der Waals surface area contributed by atoms with Gasteiger partial charge < -0.3 is 18.9 Å². The van der Waals surface area contributed by atoms with Gasteiger partial charge >= 0.3 is 5.97 Å². The number of esters is 1. The highest BCUT2D eigenvalue weighted by molar-refractivity contribution is 8.01. The maximum atomic E-state index is 12.5. The maximum absolute atomic E-state index is 12.5. The van der Waals surface area contributed by atoms with Gasteiger partial charge in [0.2, 0.25) is 0 Å². The van der Waals surface area contributed by atoms with Crippen LogP contribution in [-0.4, -0.2) is 38.3 Å². The highest BCUT2D eigenvalue weighted by Crippen LogP contribution is 2.37. The predicted molar refractivity (Wildman–Crippen MR) is 147 cm³/mol. The third-order valence-electron chi connectivity index (χ3n) is 5.22. The Bertz CT molecular complexity index is 1300. The molecular weight excluding hydrogens is 494 g/mol. The Kier molecular flexibility index (Phi) is 8.80. The molecule has 0 aliphatic rings. The molecule has 0 unspecified atom stereocenters. The van der Waals surface area contributed by atoms with Crippen molar-refractivity contribution >= 4 is 52.1 Å². The van der Waals surface area contributed by atoms with Gasteiger partial charge in [0.25, 0.3) is 0 Å². The Labute approximate surface area is 219 Å². The van der Waals surface area contributed by atoms with Gasteiger partial charge in [-0.1, -0.05) is 24.3 Å². The summed E-state index contributed by atoms with van der Waals surface area (Å²) in [6.45, 7) is 2.20. The largest absolute Gasteiger partial charge is 0.497 e. The quantitative estimate of drug-likeness (QED) is 0.177. The second-order valence-electron chi connectivity index (χ2n) is 7.53. The van der Waals surface area contributed by atoms with E-state index >= 15 is 0 Å². The molecule has 0 atom stereocenters. The number of benzene rings is 3. The monoisotopic (exact) mass is 521 g/mol.